The summed E-state index contributed by atoms with van der Waals surface area (Å²) >= 11 is 8.23. The maximum Gasteiger partial charge on any atom is 0.100 e. The minimum absolute atomic E-state index is 0.629. The van der Waals surface area contributed by atoms with Gasteiger partial charge in [0.25, 0.3) is 0 Å². The molecular formula is C25H14ClNS. The van der Waals surface area contributed by atoms with E-state index in [2.05, 4.69) is 48.5 Å². The molecule has 0 saturated heterocycles. The lowest BCUT2D eigenvalue weighted by Crippen LogP contribution is -1.90. The Labute approximate surface area is 172 Å². The molecule has 0 aliphatic heterocycles. The van der Waals surface area contributed by atoms with Crippen LogP contribution in [0.2, 0.25) is 5.02 Å². The fourth-order valence-electron chi connectivity index (χ4n) is 3.69. The molecule has 28 heavy (non-hydrogen) atoms. The van der Waals surface area contributed by atoms with Gasteiger partial charge in [0.05, 0.1) is 5.56 Å². The summed E-state index contributed by atoms with van der Waals surface area (Å²) in [5, 5.41) is 13.1. The molecule has 0 saturated carbocycles. The lowest BCUT2D eigenvalue weighted by molar-refractivity contribution is 1.47. The molecule has 0 amide bonds. The maximum absolute atomic E-state index is 9.95. The summed E-state index contributed by atoms with van der Waals surface area (Å²) in [5.74, 6) is 0. The van der Waals surface area contributed by atoms with E-state index in [0.29, 0.717) is 10.6 Å². The van der Waals surface area contributed by atoms with E-state index in [9.17, 15) is 5.26 Å². The zero-order chi connectivity index (χ0) is 19.1. The van der Waals surface area contributed by atoms with Crippen LogP contribution in [-0.4, -0.2) is 0 Å². The first-order valence-corrected chi connectivity index (χ1v) is 10.1. The van der Waals surface area contributed by atoms with Crippen LogP contribution in [0.5, 0.6) is 0 Å². The highest BCUT2D eigenvalue weighted by atomic mass is 35.5. The van der Waals surface area contributed by atoms with Crippen LogP contribution in [0.3, 0.4) is 0 Å². The second-order valence-corrected chi connectivity index (χ2v) is 8.18. The molecule has 0 aliphatic carbocycles. The highest BCUT2D eigenvalue weighted by molar-refractivity contribution is 7.25. The van der Waals surface area contributed by atoms with Gasteiger partial charge in [-0.25, -0.2) is 0 Å². The molecular weight excluding hydrogens is 382 g/mol. The van der Waals surface area contributed by atoms with Crippen LogP contribution in [0, 0.1) is 11.3 Å². The molecule has 5 aromatic rings. The number of thiophene rings is 1. The fraction of sp³-hybridized carbons (Fsp3) is 0. The van der Waals surface area contributed by atoms with Gasteiger partial charge in [0.2, 0.25) is 0 Å². The lowest BCUT2D eigenvalue weighted by atomic mass is 9.92. The predicted molar refractivity (Wildman–Crippen MR) is 120 cm³/mol. The number of rotatable bonds is 2. The number of fused-ring (bicyclic) bond motifs is 3. The standard InChI is InChI=1S/C25H14ClNS/c26-18-13-21(16-6-2-1-3-7-16)23(15-27)22(14-18)17-10-11-20-19-8-4-5-9-24(19)28-25(20)12-17/h1-14H. The molecule has 4 aromatic carbocycles. The molecule has 0 unspecified atom stereocenters. The molecule has 132 valence electrons. The van der Waals surface area contributed by atoms with Crippen molar-refractivity contribution in [2.45, 2.75) is 0 Å². The van der Waals surface area contributed by atoms with Crippen LogP contribution in [0.1, 0.15) is 5.56 Å². The Hall–Kier alpha value is -3.12. The minimum atomic E-state index is 0.629. The number of nitriles is 1. The third kappa shape index (κ3) is 2.77. The average Bonchev–Trinajstić information content (AvgIpc) is 3.11. The fourth-order valence-corrected chi connectivity index (χ4v) is 5.06. The third-order valence-electron chi connectivity index (χ3n) is 4.99. The van der Waals surface area contributed by atoms with Crippen molar-refractivity contribution < 1.29 is 0 Å². The summed E-state index contributed by atoms with van der Waals surface area (Å²) in [7, 11) is 0. The molecule has 0 radical (unpaired) electrons. The van der Waals surface area contributed by atoms with E-state index in [4.69, 9.17) is 11.6 Å². The Morgan fingerprint density at radius 3 is 2.14 bits per heavy atom. The van der Waals surface area contributed by atoms with Crippen molar-refractivity contribution in [1.82, 2.24) is 0 Å². The molecule has 0 spiro atoms. The quantitative estimate of drug-likeness (QED) is 0.298. The van der Waals surface area contributed by atoms with Gasteiger partial charge in [-0.2, -0.15) is 5.26 Å². The van der Waals surface area contributed by atoms with E-state index in [0.717, 1.165) is 22.3 Å². The first kappa shape index (κ1) is 17.0. The largest absolute Gasteiger partial charge is 0.192 e. The molecule has 0 aliphatic rings. The highest BCUT2D eigenvalue weighted by Gasteiger charge is 2.15. The summed E-state index contributed by atoms with van der Waals surface area (Å²) in [6.07, 6.45) is 0. The lowest BCUT2D eigenvalue weighted by Gasteiger charge is -2.11. The zero-order valence-electron chi connectivity index (χ0n) is 14.8. The Bertz CT molecular complexity index is 1380. The number of benzene rings is 4. The monoisotopic (exact) mass is 395 g/mol. The Balaban J connectivity index is 1.76. The van der Waals surface area contributed by atoms with Crippen molar-refractivity contribution in [2.24, 2.45) is 0 Å². The summed E-state index contributed by atoms with van der Waals surface area (Å²) < 4.78 is 2.48. The van der Waals surface area contributed by atoms with E-state index in [1.807, 2.05) is 42.5 Å². The Morgan fingerprint density at radius 2 is 1.36 bits per heavy atom. The zero-order valence-corrected chi connectivity index (χ0v) is 16.4. The SMILES string of the molecule is N#Cc1c(-c2ccccc2)cc(Cl)cc1-c1ccc2c(c1)sc1ccccc12. The van der Waals surface area contributed by atoms with Crippen molar-refractivity contribution in [3.8, 4) is 28.3 Å². The number of hydrogen-bond acceptors (Lipinski definition) is 2. The second-order valence-electron chi connectivity index (χ2n) is 6.66. The topological polar surface area (TPSA) is 23.8 Å². The number of nitrogens with zero attached hydrogens (tertiary/aromatic N) is 1. The van der Waals surface area contributed by atoms with Gasteiger partial charge < -0.3 is 0 Å². The Morgan fingerprint density at radius 1 is 0.679 bits per heavy atom. The van der Waals surface area contributed by atoms with Crippen molar-refractivity contribution in [2.75, 3.05) is 0 Å². The van der Waals surface area contributed by atoms with Crippen molar-refractivity contribution in [3.05, 3.63) is 95.5 Å². The normalized spacial score (nSPS) is 11.0. The molecule has 0 fully saturated rings. The number of hydrogen-bond donors (Lipinski definition) is 0. The smallest absolute Gasteiger partial charge is 0.100 e. The van der Waals surface area contributed by atoms with Crippen LogP contribution < -0.4 is 0 Å². The van der Waals surface area contributed by atoms with Gasteiger partial charge in [0.15, 0.2) is 0 Å². The average molecular weight is 396 g/mol. The van der Waals surface area contributed by atoms with Crippen LogP contribution in [0.25, 0.3) is 42.4 Å². The van der Waals surface area contributed by atoms with Gasteiger partial charge >= 0.3 is 0 Å². The van der Waals surface area contributed by atoms with Gasteiger partial charge in [-0.05, 0) is 35.4 Å². The predicted octanol–water partition coefficient (Wildman–Crippen LogP) is 7.91. The van der Waals surface area contributed by atoms with Crippen molar-refractivity contribution in [1.29, 1.82) is 5.26 Å². The summed E-state index contributed by atoms with van der Waals surface area (Å²) in [6.45, 7) is 0. The van der Waals surface area contributed by atoms with E-state index in [1.54, 1.807) is 11.3 Å². The van der Waals surface area contributed by atoms with Gasteiger partial charge in [-0.1, -0.05) is 72.3 Å². The first-order valence-electron chi connectivity index (χ1n) is 8.95. The molecule has 0 N–H and O–H groups in total. The van der Waals surface area contributed by atoms with Crippen molar-refractivity contribution >= 4 is 43.1 Å². The molecule has 3 heteroatoms. The maximum atomic E-state index is 9.95. The van der Waals surface area contributed by atoms with E-state index in [-0.39, 0.29) is 0 Å². The van der Waals surface area contributed by atoms with Crippen LogP contribution >= 0.6 is 22.9 Å². The first-order chi connectivity index (χ1) is 13.7. The van der Waals surface area contributed by atoms with E-state index < -0.39 is 0 Å². The minimum Gasteiger partial charge on any atom is -0.192 e. The summed E-state index contributed by atoms with van der Waals surface area (Å²) in [4.78, 5) is 0. The third-order valence-corrected chi connectivity index (χ3v) is 6.34. The van der Waals surface area contributed by atoms with Crippen LogP contribution in [0.4, 0.5) is 0 Å². The van der Waals surface area contributed by atoms with Gasteiger partial charge in [0.1, 0.15) is 6.07 Å². The van der Waals surface area contributed by atoms with Crippen LogP contribution in [-0.2, 0) is 0 Å². The van der Waals surface area contributed by atoms with E-state index >= 15 is 0 Å². The summed E-state index contributed by atoms with van der Waals surface area (Å²) in [5.41, 5.74) is 4.38. The van der Waals surface area contributed by atoms with Crippen LogP contribution in [0.15, 0.2) is 84.9 Å². The van der Waals surface area contributed by atoms with Crippen molar-refractivity contribution in [3.63, 3.8) is 0 Å². The second kappa shape index (κ2) is 6.80. The molecule has 0 bridgehead atoms. The summed E-state index contributed by atoms with van der Waals surface area (Å²) in [6, 6.07) is 30.9. The van der Waals surface area contributed by atoms with Gasteiger partial charge in [-0.3, -0.25) is 0 Å². The van der Waals surface area contributed by atoms with Gasteiger partial charge in [-0.15, -0.1) is 11.3 Å². The molecule has 1 aromatic heterocycles. The molecule has 5 rings (SSSR count). The molecule has 0 atom stereocenters. The van der Waals surface area contributed by atoms with E-state index in [1.165, 1.54) is 20.2 Å². The highest BCUT2D eigenvalue weighted by Crippen LogP contribution is 2.39. The molecule has 1 nitrogen and oxygen atoms in total. The number of halogens is 1. The Kier molecular flexibility index (Phi) is 4.13. The van der Waals surface area contributed by atoms with Gasteiger partial charge in [0, 0.05) is 36.3 Å². The molecule has 1 heterocycles.